The van der Waals surface area contributed by atoms with Crippen LogP contribution < -0.4 is 25.4 Å². The maximum atomic E-state index is 5.40. The lowest BCUT2D eigenvalue weighted by atomic mass is 10.1. The third-order valence-corrected chi connectivity index (χ3v) is 3.24. The lowest BCUT2D eigenvalue weighted by Gasteiger charge is -2.21. The lowest BCUT2D eigenvalue weighted by molar-refractivity contribution is 0.390. The van der Waals surface area contributed by atoms with Crippen molar-refractivity contribution in [3.63, 3.8) is 0 Å². The van der Waals surface area contributed by atoms with Crippen molar-refractivity contribution in [3.8, 4) is 11.5 Å². The highest BCUT2D eigenvalue weighted by Gasteiger charge is 2.08. The molecule has 3 N–H and O–H groups in total. The minimum Gasteiger partial charge on any atom is -0.497 e. The number of rotatable bonds is 7. The number of ether oxygens (including phenoxy) is 2. The molecule has 0 unspecified atom stereocenters. The Morgan fingerprint density at radius 2 is 1.83 bits per heavy atom. The van der Waals surface area contributed by atoms with Crippen LogP contribution in [0.5, 0.6) is 11.5 Å². The van der Waals surface area contributed by atoms with Crippen LogP contribution in [0.2, 0.25) is 0 Å². The van der Waals surface area contributed by atoms with Crippen molar-refractivity contribution < 1.29 is 9.47 Å². The third-order valence-electron chi connectivity index (χ3n) is 3.24. The summed E-state index contributed by atoms with van der Waals surface area (Å²) < 4.78 is 10.6. The molecule has 0 spiro atoms. The number of benzene rings is 1. The maximum absolute atomic E-state index is 5.40. The van der Waals surface area contributed by atoms with Gasteiger partial charge in [-0.05, 0) is 32.9 Å². The van der Waals surface area contributed by atoms with Crippen LogP contribution in [0.3, 0.4) is 0 Å². The standard InChI is InChI=1S/C17H30N4O2/c1-17(2,3)21-10-9-19-16(18-4)20-12-13-7-8-14(22-5)11-15(13)23-6/h7-8,11,21H,9-10,12H2,1-6H3,(H2,18,19,20). The summed E-state index contributed by atoms with van der Waals surface area (Å²) in [5.41, 5.74) is 1.17. The van der Waals surface area contributed by atoms with E-state index in [2.05, 4.69) is 41.7 Å². The fourth-order valence-electron chi connectivity index (χ4n) is 2.02. The van der Waals surface area contributed by atoms with Crippen molar-refractivity contribution in [2.75, 3.05) is 34.4 Å². The Bertz CT molecular complexity index is 510. The van der Waals surface area contributed by atoms with Crippen LogP contribution in [0, 0.1) is 0 Å². The minimum atomic E-state index is 0.120. The number of hydrogen-bond acceptors (Lipinski definition) is 4. The number of nitrogens with zero attached hydrogens (tertiary/aromatic N) is 1. The van der Waals surface area contributed by atoms with E-state index in [-0.39, 0.29) is 5.54 Å². The highest BCUT2D eigenvalue weighted by molar-refractivity contribution is 5.79. The van der Waals surface area contributed by atoms with Crippen molar-refractivity contribution in [3.05, 3.63) is 23.8 Å². The predicted molar refractivity (Wildman–Crippen MR) is 95.5 cm³/mol. The fraction of sp³-hybridized carbons (Fsp3) is 0.588. The highest BCUT2D eigenvalue weighted by Crippen LogP contribution is 2.24. The normalized spacial score (nSPS) is 12.0. The second-order valence-corrected chi connectivity index (χ2v) is 6.21. The molecule has 130 valence electrons. The van der Waals surface area contributed by atoms with Crippen LogP contribution >= 0.6 is 0 Å². The molecule has 0 radical (unpaired) electrons. The van der Waals surface area contributed by atoms with Crippen molar-refractivity contribution in [1.29, 1.82) is 0 Å². The van der Waals surface area contributed by atoms with E-state index in [0.717, 1.165) is 36.1 Å². The molecular weight excluding hydrogens is 292 g/mol. The molecule has 0 aliphatic heterocycles. The molecule has 6 nitrogen and oxygen atoms in total. The number of aliphatic imine (C=N–C) groups is 1. The largest absolute Gasteiger partial charge is 0.497 e. The molecule has 0 bridgehead atoms. The molecule has 6 heteroatoms. The van der Waals surface area contributed by atoms with Gasteiger partial charge >= 0.3 is 0 Å². The molecule has 0 heterocycles. The van der Waals surface area contributed by atoms with Gasteiger partial charge in [-0.3, -0.25) is 4.99 Å². The average Bonchev–Trinajstić information content (AvgIpc) is 2.53. The van der Waals surface area contributed by atoms with Crippen LogP contribution in [0.1, 0.15) is 26.3 Å². The molecule has 0 fully saturated rings. The zero-order chi connectivity index (χ0) is 17.3. The van der Waals surface area contributed by atoms with Gasteiger partial charge in [0, 0.05) is 43.9 Å². The van der Waals surface area contributed by atoms with E-state index in [4.69, 9.17) is 9.47 Å². The van der Waals surface area contributed by atoms with E-state index in [0.29, 0.717) is 6.54 Å². The van der Waals surface area contributed by atoms with Crippen molar-refractivity contribution >= 4 is 5.96 Å². The smallest absolute Gasteiger partial charge is 0.191 e. The van der Waals surface area contributed by atoms with Gasteiger partial charge in [0.05, 0.1) is 14.2 Å². The van der Waals surface area contributed by atoms with Gasteiger partial charge in [0.25, 0.3) is 0 Å². The fourth-order valence-corrected chi connectivity index (χ4v) is 2.02. The molecule has 0 saturated heterocycles. The van der Waals surface area contributed by atoms with Gasteiger partial charge in [-0.15, -0.1) is 0 Å². The summed E-state index contributed by atoms with van der Waals surface area (Å²) in [5.74, 6) is 2.33. The topological polar surface area (TPSA) is 66.9 Å². The van der Waals surface area contributed by atoms with Crippen LogP contribution in [-0.4, -0.2) is 45.9 Å². The van der Waals surface area contributed by atoms with Crippen molar-refractivity contribution in [2.24, 2.45) is 4.99 Å². The Hall–Kier alpha value is -1.95. The molecule has 0 aliphatic carbocycles. The molecule has 0 saturated carbocycles. The first-order valence-electron chi connectivity index (χ1n) is 7.80. The number of nitrogens with one attached hydrogen (secondary N) is 3. The predicted octanol–water partition coefficient (Wildman–Crippen LogP) is 1.76. The van der Waals surface area contributed by atoms with E-state index in [9.17, 15) is 0 Å². The average molecular weight is 322 g/mol. The highest BCUT2D eigenvalue weighted by atomic mass is 16.5. The van der Waals surface area contributed by atoms with Gasteiger partial charge < -0.3 is 25.4 Å². The van der Waals surface area contributed by atoms with Crippen LogP contribution in [0.15, 0.2) is 23.2 Å². The Balaban J connectivity index is 2.49. The molecule has 0 atom stereocenters. The second kappa shape index (κ2) is 9.25. The van der Waals surface area contributed by atoms with E-state index in [1.54, 1.807) is 21.3 Å². The van der Waals surface area contributed by atoms with Crippen molar-refractivity contribution in [1.82, 2.24) is 16.0 Å². The Morgan fingerprint density at radius 1 is 1.09 bits per heavy atom. The van der Waals surface area contributed by atoms with Gasteiger partial charge in [0.15, 0.2) is 5.96 Å². The summed E-state index contributed by atoms with van der Waals surface area (Å²) in [4.78, 5) is 4.23. The minimum absolute atomic E-state index is 0.120. The Labute approximate surface area is 139 Å². The molecular formula is C17H30N4O2. The molecule has 0 aliphatic rings. The third kappa shape index (κ3) is 7.23. The van der Waals surface area contributed by atoms with Crippen molar-refractivity contribution in [2.45, 2.75) is 32.9 Å². The summed E-state index contributed by atoms with van der Waals surface area (Å²) in [5, 5.41) is 10.00. The van der Waals surface area contributed by atoms with Gasteiger partial charge in [-0.25, -0.2) is 0 Å². The zero-order valence-electron chi connectivity index (χ0n) is 15.1. The summed E-state index contributed by atoms with van der Waals surface area (Å²) in [6.45, 7) is 8.74. The van der Waals surface area contributed by atoms with E-state index in [1.807, 2.05) is 18.2 Å². The van der Waals surface area contributed by atoms with E-state index in [1.165, 1.54) is 0 Å². The van der Waals surface area contributed by atoms with Gasteiger partial charge in [0.2, 0.25) is 0 Å². The SMILES string of the molecule is CN=C(NCCNC(C)(C)C)NCc1ccc(OC)cc1OC. The molecule has 0 aromatic heterocycles. The van der Waals surface area contributed by atoms with E-state index < -0.39 is 0 Å². The van der Waals surface area contributed by atoms with Crippen LogP contribution in [0.4, 0.5) is 0 Å². The lowest BCUT2D eigenvalue weighted by Crippen LogP contribution is -2.44. The first kappa shape index (κ1) is 19.1. The quantitative estimate of drug-likeness (QED) is 0.405. The zero-order valence-corrected chi connectivity index (χ0v) is 15.1. The van der Waals surface area contributed by atoms with Gasteiger partial charge in [-0.1, -0.05) is 0 Å². The molecule has 0 amide bonds. The maximum Gasteiger partial charge on any atom is 0.191 e. The van der Waals surface area contributed by atoms with E-state index >= 15 is 0 Å². The Kier molecular flexibility index (Phi) is 7.68. The van der Waals surface area contributed by atoms with Crippen LogP contribution in [-0.2, 0) is 6.54 Å². The first-order valence-corrected chi connectivity index (χ1v) is 7.80. The number of guanidine groups is 1. The van der Waals surface area contributed by atoms with Crippen LogP contribution in [0.25, 0.3) is 0 Å². The Morgan fingerprint density at radius 3 is 2.39 bits per heavy atom. The monoisotopic (exact) mass is 322 g/mol. The molecule has 1 aromatic rings. The number of hydrogen-bond donors (Lipinski definition) is 3. The first-order chi connectivity index (χ1) is 10.9. The molecule has 1 aromatic carbocycles. The molecule has 23 heavy (non-hydrogen) atoms. The van der Waals surface area contributed by atoms with Gasteiger partial charge in [0.1, 0.15) is 11.5 Å². The van der Waals surface area contributed by atoms with Gasteiger partial charge in [-0.2, -0.15) is 0 Å². The second-order valence-electron chi connectivity index (χ2n) is 6.21. The summed E-state index contributed by atoms with van der Waals surface area (Å²) in [7, 11) is 5.06. The summed E-state index contributed by atoms with van der Waals surface area (Å²) >= 11 is 0. The molecule has 1 rings (SSSR count). The summed E-state index contributed by atoms with van der Waals surface area (Å²) in [6, 6.07) is 5.78. The summed E-state index contributed by atoms with van der Waals surface area (Å²) in [6.07, 6.45) is 0. The number of methoxy groups -OCH3 is 2.